The van der Waals surface area contributed by atoms with Crippen LogP contribution in [-0.2, 0) is 6.18 Å². The van der Waals surface area contributed by atoms with Gasteiger partial charge in [0.15, 0.2) is 0 Å². The molecule has 0 bridgehead atoms. The number of hydrogen-bond donors (Lipinski definition) is 2. The number of halogens is 3. The summed E-state index contributed by atoms with van der Waals surface area (Å²) in [5.74, 6) is 0.433. The molecule has 0 amide bonds. The Balaban J connectivity index is 2.17. The summed E-state index contributed by atoms with van der Waals surface area (Å²) in [6.07, 6.45) is -4.38. The van der Waals surface area contributed by atoms with Gasteiger partial charge in [0.2, 0.25) is 0 Å². The number of rotatable bonds is 1. The number of nitrogens with two attached hydrogens (primary N) is 1. The Kier molecular flexibility index (Phi) is 2.72. The van der Waals surface area contributed by atoms with E-state index in [-0.39, 0.29) is 0 Å². The van der Waals surface area contributed by atoms with E-state index in [1.165, 1.54) is 6.07 Å². The fourth-order valence-electron chi connectivity index (χ4n) is 1.98. The maximum atomic E-state index is 12.7. The van der Waals surface area contributed by atoms with Gasteiger partial charge in [0, 0.05) is 0 Å². The summed E-state index contributed by atoms with van der Waals surface area (Å²) in [7, 11) is 0. The topological polar surface area (TPSA) is 67.6 Å². The lowest BCUT2D eigenvalue weighted by Gasteiger charge is -2.05. The second-order valence-electron chi connectivity index (χ2n) is 4.32. The van der Waals surface area contributed by atoms with Crippen LogP contribution in [0.2, 0.25) is 0 Å². The van der Waals surface area contributed by atoms with Crippen molar-refractivity contribution >= 4 is 27.6 Å². The van der Waals surface area contributed by atoms with Crippen LogP contribution in [0.25, 0.3) is 22.4 Å². The van der Waals surface area contributed by atoms with E-state index in [0.29, 0.717) is 33.1 Å². The summed E-state index contributed by atoms with van der Waals surface area (Å²) in [6.45, 7) is 1.77. The van der Waals surface area contributed by atoms with E-state index in [4.69, 9.17) is 5.73 Å². The minimum absolute atomic E-state index is 0.319. The van der Waals surface area contributed by atoms with Crippen LogP contribution in [0.15, 0.2) is 18.2 Å². The molecule has 8 heteroatoms. The van der Waals surface area contributed by atoms with Crippen molar-refractivity contribution < 1.29 is 13.2 Å². The predicted octanol–water partition coefficient (Wildman–Crippen LogP) is 3.60. The highest BCUT2D eigenvalue weighted by atomic mass is 32.1. The molecule has 3 rings (SSSR count). The first-order chi connectivity index (χ1) is 9.36. The largest absolute Gasteiger partial charge is 0.416 e. The zero-order valence-corrected chi connectivity index (χ0v) is 11.1. The number of anilines is 1. The molecule has 4 nitrogen and oxygen atoms in total. The van der Waals surface area contributed by atoms with Crippen molar-refractivity contribution in [1.29, 1.82) is 0 Å². The van der Waals surface area contributed by atoms with E-state index in [1.54, 1.807) is 6.92 Å². The summed E-state index contributed by atoms with van der Waals surface area (Å²) in [5.41, 5.74) is 7.21. The number of H-pyrrole nitrogens is 1. The number of hydrogen-bond acceptors (Lipinski definition) is 4. The molecule has 0 radical (unpaired) electrons. The molecule has 0 saturated heterocycles. The molecule has 1 aromatic carbocycles. The minimum atomic E-state index is -4.38. The first-order valence-corrected chi connectivity index (χ1v) is 6.42. The van der Waals surface area contributed by atoms with E-state index in [1.807, 2.05) is 0 Å². The fraction of sp³-hybridized carbons (Fsp3) is 0.167. The summed E-state index contributed by atoms with van der Waals surface area (Å²) in [6, 6.07) is 3.38. The van der Waals surface area contributed by atoms with Crippen LogP contribution >= 0.6 is 11.5 Å². The van der Waals surface area contributed by atoms with Crippen LogP contribution in [0.3, 0.4) is 0 Å². The van der Waals surface area contributed by atoms with E-state index in [2.05, 4.69) is 14.3 Å². The molecular formula is C12H9F3N4S. The Morgan fingerprint density at radius 3 is 2.65 bits per heavy atom. The first-order valence-electron chi connectivity index (χ1n) is 5.65. The average molecular weight is 298 g/mol. The van der Waals surface area contributed by atoms with Crippen molar-refractivity contribution in [3.63, 3.8) is 0 Å². The highest BCUT2D eigenvalue weighted by Gasteiger charge is 2.30. The first kappa shape index (κ1) is 12.9. The number of nitrogens with zero attached hydrogens (tertiary/aromatic N) is 2. The van der Waals surface area contributed by atoms with Gasteiger partial charge in [-0.05, 0) is 36.7 Å². The standard InChI is InChI=1S/C12H9F3N4S/c1-5-9(10(16)20-19-5)11-17-7-3-2-6(12(13,14)15)4-8(7)18-11/h2-4H,16H2,1H3,(H,17,18). The van der Waals surface area contributed by atoms with Gasteiger partial charge in [-0.3, -0.25) is 0 Å². The van der Waals surface area contributed by atoms with Crippen molar-refractivity contribution in [2.45, 2.75) is 13.1 Å². The van der Waals surface area contributed by atoms with E-state index in [9.17, 15) is 13.2 Å². The van der Waals surface area contributed by atoms with Crippen LogP contribution < -0.4 is 5.73 Å². The van der Waals surface area contributed by atoms with Crippen LogP contribution in [0.1, 0.15) is 11.3 Å². The van der Waals surface area contributed by atoms with Gasteiger partial charge in [0.25, 0.3) is 0 Å². The quantitative estimate of drug-likeness (QED) is 0.721. The Labute approximate surface area is 115 Å². The molecule has 104 valence electrons. The van der Waals surface area contributed by atoms with Gasteiger partial charge in [-0.15, -0.1) is 0 Å². The average Bonchev–Trinajstić information content (AvgIpc) is 2.90. The number of fused-ring (bicyclic) bond motifs is 1. The number of aryl methyl sites for hydroxylation is 1. The van der Waals surface area contributed by atoms with Gasteiger partial charge < -0.3 is 10.7 Å². The molecule has 3 aromatic rings. The van der Waals surface area contributed by atoms with Gasteiger partial charge in [-0.2, -0.15) is 17.5 Å². The molecule has 0 aliphatic rings. The Bertz CT molecular complexity index is 768. The molecule has 0 fully saturated rings. The number of imidazole rings is 1. The van der Waals surface area contributed by atoms with Crippen molar-refractivity contribution in [2.24, 2.45) is 0 Å². The smallest absolute Gasteiger partial charge is 0.389 e. The van der Waals surface area contributed by atoms with Gasteiger partial charge >= 0.3 is 6.18 Å². The van der Waals surface area contributed by atoms with Gasteiger partial charge in [-0.25, -0.2) is 4.98 Å². The summed E-state index contributed by atoms with van der Waals surface area (Å²) in [5, 5.41) is 0.484. The van der Waals surface area contributed by atoms with Crippen molar-refractivity contribution in [1.82, 2.24) is 14.3 Å². The van der Waals surface area contributed by atoms with E-state index < -0.39 is 11.7 Å². The zero-order chi connectivity index (χ0) is 14.5. The Morgan fingerprint density at radius 2 is 2.05 bits per heavy atom. The van der Waals surface area contributed by atoms with Gasteiger partial charge in [-0.1, -0.05) is 0 Å². The normalized spacial score (nSPS) is 12.2. The second kappa shape index (κ2) is 4.20. The lowest BCUT2D eigenvalue weighted by atomic mass is 10.2. The second-order valence-corrected chi connectivity index (χ2v) is 5.13. The molecule has 0 aliphatic carbocycles. The predicted molar refractivity (Wildman–Crippen MR) is 71.4 cm³/mol. The van der Waals surface area contributed by atoms with Gasteiger partial charge in [0.1, 0.15) is 10.8 Å². The molecule has 0 saturated carbocycles. The maximum Gasteiger partial charge on any atom is 0.416 e. The molecule has 20 heavy (non-hydrogen) atoms. The molecule has 2 aromatic heterocycles. The number of alkyl halides is 3. The van der Waals surface area contributed by atoms with Crippen LogP contribution in [0.4, 0.5) is 18.2 Å². The zero-order valence-electron chi connectivity index (χ0n) is 10.2. The SMILES string of the molecule is Cc1nsc(N)c1-c1nc2ccc(C(F)(F)F)cc2[nH]1. The highest BCUT2D eigenvalue weighted by Crippen LogP contribution is 2.34. The number of aromatic nitrogens is 3. The fourth-order valence-corrected chi connectivity index (χ4v) is 2.64. The highest BCUT2D eigenvalue weighted by molar-refractivity contribution is 7.10. The molecule has 3 N–H and O–H groups in total. The number of nitrogen functional groups attached to an aromatic ring is 1. The molecule has 2 heterocycles. The third kappa shape index (κ3) is 2.01. The number of benzene rings is 1. The molecule has 0 aliphatic heterocycles. The number of nitrogens with one attached hydrogen (secondary N) is 1. The monoisotopic (exact) mass is 298 g/mol. The lowest BCUT2D eigenvalue weighted by Crippen LogP contribution is -2.04. The maximum absolute atomic E-state index is 12.7. The minimum Gasteiger partial charge on any atom is -0.389 e. The third-order valence-corrected chi connectivity index (χ3v) is 3.70. The number of aromatic amines is 1. The third-order valence-electron chi connectivity index (χ3n) is 2.94. The molecule has 0 atom stereocenters. The van der Waals surface area contributed by atoms with Crippen molar-refractivity contribution in [2.75, 3.05) is 5.73 Å². The Hall–Kier alpha value is -2.09. The van der Waals surface area contributed by atoms with Crippen LogP contribution in [0.5, 0.6) is 0 Å². The molecule has 0 unspecified atom stereocenters. The van der Waals surface area contributed by atoms with Crippen molar-refractivity contribution in [3.8, 4) is 11.4 Å². The lowest BCUT2D eigenvalue weighted by molar-refractivity contribution is -0.137. The van der Waals surface area contributed by atoms with Gasteiger partial charge in [0.05, 0.1) is 27.9 Å². The summed E-state index contributed by atoms with van der Waals surface area (Å²) >= 11 is 1.13. The van der Waals surface area contributed by atoms with E-state index in [0.717, 1.165) is 23.7 Å². The summed E-state index contributed by atoms with van der Waals surface area (Å²) in [4.78, 5) is 7.13. The van der Waals surface area contributed by atoms with Crippen LogP contribution in [0, 0.1) is 6.92 Å². The molecule has 0 spiro atoms. The van der Waals surface area contributed by atoms with Crippen LogP contribution in [-0.4, -0.2) is 14.3 Å². The Morgan fingerprint density at radius 1 is 1.30 bits per heavy atom. The van der Waals surface area contributed by atoms with Crippen molar-refractivity contribution in [3.05, 3.63) is 29.5 Å². The molecular weight excluding hydrogens is 289 g/mol. The summed E-state index contributed by atoms with van der Waals surface area (Å²) < 4.78 is 42.1. The van der Waals surface area contributed by atoms with E-state index >= 15 is 0 Å².